The summed E-state index contributed by atoms with van der Waals surface area (Å²) in [5.74, 6) is -3.19. The maximum atomic E-state index is 13.7. The molecule has 3 rings (SSSR count). The number of hydrogen-bond donors (Lipinski definition) is 5. The highest BCUT2D eigenvalue weighted by atomic mass is 16.6. The van der Waals surface area contributed by atoms with Crippen LogP contribution in [0.5, 0.6) is 5.75 Å². The van der Waals surface area contributed by atoms with Gasteiger partial charge < -0.3 is 45.5 Å². The van der Waals surface area contributed by atoms with Crippen LogP contribution in [0.4, 0.5) is 10.6 Å². The van der Waals surface area contributed by atoms with Gasteiger partial charge >= 0.3 is 23.9 Å². The molecule has 0 spiro atoms. The van der Waals surface area contributed by atoms with Gasteiger partial charge in [-0.3, -0.25) is 33.3 Å². The first-order valence-corrected chi connectivity index (χ1v) is 26.7. The molecule has 0 aliphatic rings. The van der Waals surface area contributed by atoms with E-state index >= 15 is 0 Å². The van der Waals surface area contributed by atoms with E-state index in [4.69, 9.17) is 18.9 Å². The van der Waals surface area contributed by atoms with Crippen LogP contribution in [-0.4, -0.2) is 128 Å². The highest BCUT2D eigenvalue weighted by molar-refractivity contribution is 5.97. The van der Waals surface area contributed by atoms with Crippen LogP contribution in [0.2, 0.25) is 0 Å². The molecule has 0 saturated carbocycles. The molecule has 5 N–H and O–H groups in total. The van der Waals surface area contributed by atoms with E-state index in [1.54, 1.807) is 98.7 Å². The van der Waals surface area contributed by atoms with Crippen molar-refractivity contribution in [2.24, 2.45) is 11.3 Å². The maximum Gasteiger partial charge on any atom is 0.329 e. The van der Waals surface area contributed by atoms with E-state index in [1.807, 2.05) is 72.2 Å². The third-order valence-corrected chi connectivity index (χ3v) is 11.7. The Bertz CT molecular complexity index is 2460. The first kappa shape index (κ1) is 65.4. The molecule has 2 aromatic carbocycles. The fourth-order valence-corrected chi connectivity index (χ4v) is 7.78. The molecule has 78 heavy (non-hydrogen) atoms. The van der Waals surface area contributed by atoms with Crippen molar-refractivity contribution in [1.29, 1.82) is 0 Å². The Morgan fingerprint density at radius 3 is 1.78 bits per heavy atom. The number of carbonyl (C=O) groups excluding carboxylic acids is 8. The normalized spacial score (nSPS) is 13.6. The number of pyridine rings is 1. The Kier molecular flexibility index (Phi) is 24.5. The van der Waals surface area contributed by atoms with Gasteiger partial charge in [-0.15, -0.1) is 0 Å². The number of aromatic nitrogens is 1. The molecule has 0 unspecified atom stereocenters. The lowest BCUT2D eigenvalue weighted by Crippen LogP contribution is -2.53. The molecule has 0 radical (unpaired) electrons. The van der Waals surface area contributed by atoms with E-state index in [0.717, 1.165) is 11.4 Å². The second-order valence-electron chi connectivity index (χ2n) is 24.6. The molecule has 0 bridgehead atoms. The number of amides is 5. The van der Waals surface area contributed by atoms with Crippen LogP contribution >= 0.6 is 0 Å². The fraction of sp³-hybridized carbons (Fsp3) is 0.576. The fourth-order valence-electron chi connectivity index (χ4n) is 7.78. The lowest BCUT2D eigenvalue weighted by molar-refractivity contribution is -0.161. The molecule has 0 aliphatic heterocycles. The summed E-state index contributed by atoms with van der Waals surface area (Å²) in [5.41, 5.74) is -0.882. The van der Waals surface area contributed by atoms with Gasteiger partial charge in [-0.1, -0.05) is 63.2 Å². The zero-order chi connectivity index (χ0) is 58.6. The first-order chi connectivity index (χ1) is 36.1. The number of Topliss-reactive ketones (excluding diaryl/α,β-unsaturated/α-hetero) is 1. The molecule has 19 heteroatoms. The number of urea groups is 1. The van der Waals surface area contributed by atoms with Gasteiger partial charge in [0.15, 0.2) is 12.4 Å². The Hall–Kier alpha value is -6.89. The SMILES string of the molecule is CC(C)(C)OC(=O)CC[C@H](NC(=O)N[C@@H](CCCCNC(=O)[C@H](Cc1ccccc1)NC(=O)COc1ccc(C[C@H](CC(=O)CNC(=O)c2ccc([N+](C)(C)C)nc2)C(=O)OC(C)(C)C)cc1)C(C)(C)C)C(=O)OC(C)(C)C. The van der Waals surface area contributed by atoms with Crippen molar-refractivity contribution in [1.82, 2.24) is 36.1 Å². The molecule has 0 aliphatic carbocycles. The summed E-state index contributed by atoms with van der Waals surface area (Å²) >= 11 is 0. The second kappa shape index (κ2) is 29.2. The van der Waals surface area contributed by atoms with Crippen LogP contribution in [0, 0.1) is 11.3 Å². The lowest BCUT2D eigenvalue weighted by atomic mass is 9.84. The number of esters is 3. The van der Waals surface area contributed by atoms with E-state index in [2.05, 4.69) is 31.6 Å². The standard InChI is InChI=1S/C59H87N7O12/c1-56(2,3)47(65-55(74)64-45(54(73)78-59(10,11)12)29-31-50(69)76-57(4,5)6)23-19-20-32-60-52(71)46(34-39-21-17-16-18-22-39)63-49(68)38-75-44-27-24-40(25-28-44)33-42(53(72)77-58(7,8)9)35-43(67)37-62-51(70)41-26-30-48(61-36-41)66(13,14)15/h16-18,21-22,24-28,30,36,42,45-47H,19-20,23,29,31-35,37-38H2,1-15H3,(H4-,60,62,63,64,65,68,70,71,74)/p+1/t42-,45+,46+,47+/m1/s1. The maximum absolute atomic E-state index is 13.7. The van der Waals surface area contributed by atoms with Gasteiger partial charge in [-0.05, 0) is 129 Å². The summed E-state index contributed by atoms with van der Waals surface area (Å²) in [6, 6.07) is 16.5. The zero-order valence-corrected chi connectivity index (χ0v) is 48.8. The van der Waals surface area contributed by atoms with Crippen LogP contribution in [0.1, 0.15) is 143 Å². The van der Waals surface area contributed by atoms with E-state index in [0.29, 0.717) is 47.2 Å². The molecule has 4 atom stereocenters. The van der Waals surface area contributed by atoms with E-state index in [-0.39, 0.29) is 61.8 Å². The summed E-state index contributed by atoms with van der Waals surface area (Å²) in [5, 5.41) is 14.1. The highest BCUT2D eigenvalue weighted by Gasteiger charge is 2.32. The van der Waals surface area contributed by atoms with Gasteiger partial charge in [0, 0.05) is 44.1 Å². The first-order valence-electron chi connectivity index (χ1n) is 26.7. The summed E-state index contributed by atoms with van der Waals surface area (Å²) < 4.78 is 22.9. The predicted octanol–water partition coefficient (Wildman–Crippen LogP) is 7.11. The molecular formula is C59H88N7O12+. The smallest absolute Gasteiger partial charge is 0.329 e. The summed E-state index contributed by atoms with van der Waals surface area (Å²) in [6.45, 7) is 21.2. The average Bonchev–Trinajstić information content (AvgIpc) is 3.31. The quantitative estimate of drug-likeness (QED) is 0.0221. The number of nitrogens with zero attached hydrogens (tertiary/aromatic N) is 2. The van der Waals surface area contributed by atoms with E-state index in [9.17, 15) is 38.4 Å². The number of rotatable bonds is 27. The summed E-state index contributed by atoms with van der Waals surface area (Å²) in [4.78, 5) is 110. The van der Waals surface area contributed by atoms with Crippen molar-refractivity contribution in [3.05, 3.63) is 89.6 Å². The number of ketones is 1. The van der Waals surface area contributed by atoms with Crippen molar-refractivity contribution in [3.8, 4) is 5.75 Å². The van der Waals surface area contributed by atoms with Crippen LogP contribution < -0.4 is 35.8 Å². The number of benzene rings is 2. The average molecular weight is 1090 g/mol. The number of hydrogen-bond acceptors (Lipinski definition) is 13. The highest BCUT2D eigenvalue weighted by Crippen LogP contribution is 2.25. The Morgan fingerprint density at radius 2 is 1.22 bits per heavy atom. The van der Waals surface area contributed by atoms with E-state index in [1.165, 1.54) is 6.20 Å². The van der Waals surface area contributed by atoms with Gasteiger partial charge in [0.1, 0.15) is 34.6 Å². The molecule has 430 valence electrons. The van der Waals surface area contributed by atoms with E-state index < -0.39 is 77.2 Å². The van der Waals surface area contributed by atoms with Crippen molar-refractivity contribution >= 4 is 53.3 Å². The van der Waals surface area contributed by atoms with Gasteiger partial charge in [0.25, 0.3) is 11.8 Å². The van der Waals surface area contributed by atoms with Crippen molar-refractivity contribution < 1.29 is 57.3 Å². The number of quaternary nitrogens is 1. The van der Waals surface area contributed by atoms with Crippen LogP contribution in [0.3, 0.4) is 0 Å². The number of unbranched alkanes of at least 4 members (excludes halogenated alkanes) is 1. The lowest BCUT2D eigenvalue weighted by Gasteiger charge is -2.32. The predicted molar refractivity (Wildman–Crippen MR) is 299 cm³/mol. The number of nitrogens with one attached hydrogen (secondary N) is 5. The third-order valence-electron chi connectivity index (χ3n) is 11.7. The molecule has 0 fully saturated rings. The largest absolute Gasteiger partial charge is 0.484 e. The Morgan fingerprint density at radius 1 is 0.615 bits per heavy atom. The van der Waals surface area contributed by atoms with Crippen LogP contribution in [0.15, 0.2) is 72.9 Å². The third kappa shape index (κ3) is 26.0. The minimum atomic E-state index is -1.10. The number of carbonyl (C=O) groups is 8. The minimum absolute atomic E-state index is 0.0175. The van der Waals surface area contributed by atoms with Crippen molar-refractivity contribution in [3.63, 3.8) is 0 Å². The minimum Gasteiger partial charge on any atom is -0.484 e. The van der Waals surface area contributed by atoms with Gasteiger partial charge in [-0.25, -0.2) is 14.6 Å². The molecule has 5 amide bonds. The monoisotopic (exact) mass is 1090 g/mol. The Balaban J connectivity index is 1.58. The van der Waals surface area contributed by atoms with Gasteiger partial charge in [-0.2, -0.15) is 0 Å². The second-order valence-corrected chi connectivity index (χ2v) is 24.6. The molecule has 1 heterocycles. The molecule has 19 nitrogen and oxygen atoms in total. The molecule has 0 saturated heterocycles. The molecule has 1 aromatic heterocycles. The van der Waals surface area contributed by atoms with Gasteiger partial charge in [0.2, 0.25) is 11.7 Å². The van der Waals surface area contributed by atoms with Gasteiger partial charge in [0.05, 0.1) is 39.2 Å². The zero-order valence-electron chi connectivity index (χ0n) is 48.8. The number of ether oxygens (including phenoxy) is 4. The van der Waals surface area contributed by atoms with Crippen LogP contribution in [-0.2, 0) is 55.8 Å². The summed E-state index contributed by atoms with van der Waals surface area (Å²) in [7, 11) is 5.87. The van der Waals surface area contributed by atoms with Crippen molar-refractivity contribution in [2.75, 3.05) is 40.8 Å². The van der Waals surface area contributed by atoms with Crippen molar-refractivity contribution in [2.45, 2.75) is 169 Å². The molecular weight excluding hydrogens is 999 g/mol. The summed E-state index contributed by atoms with van der Waals surface area (Å²) in [6.07, 6.45) is 3.25. The Labute approximate surface area is 462 Å². The molecule has 3 aromatic rings. The van der Waals surface area contributed by atoms with Crippen LogP contribution in [0.25, 0.3) is 0 Å². The topological polar surface area (TPSA) is 247 Å².